The number of carbonyl (C=O) groups is 1. The van der Waals surface area contributed by atoms with Crippen LogP contribution in [0.5, 0.6) is 0 Å². The number of aliphatic hydroxyl groups excluding tert-OH is 1. The van der Waals surface area contributed by atoms with Crippen LogP contribution >= 0.6 is 22.7 Å². The van der Waals surface area contributed by atoms with E-state index in [0.717, 1.165) is 21.4 Å². The maximum absolute atomic E-state index is 12.3. The van der Waals surface area contributed by atoms with Crippen molar-refractivity contribution < 1.29 is 18.3 Å². The molecule has 0 aliphatic heterocycles. The van der Waals surface area contributed by atoms with E-state index in [2.05, 4.69) is 15.0 Å². The summed E-state index contributed by atoms with van der Waals surface area (Å²) in [6, 6.07) is 7.62. The van der Waals surface area contributed by atoms with E-state index >= 15 is 0 Å². The summed E-state index contributed by atoms with van der Waals surface area (Å²) in [4.78, 5) is 14.8. The Morgan fingerprint density at radius 3 is 2.88 bits per heavy atom. The Labute approximate surface area is 152 Å². The molecule has 1 aromatic carbocycles. The molecule has 0 spiro atoms. The van der Waals surface area contributed by atoms with Gasteiger partial charge in [-0.25, -0.2) is 18.1 Å². The van der Waals surface area contributed by atoms with Crippen molar-refractivity contribution in [2.24, 2.45) is 0 Å². The Bertz CT molecular complexity index is 1010. The number of hydrogen-bond donors (Lipinski definition) is 3. The highest BCUT2D eigenvalue weighted by molar-refractivity contribution is 7.91. The van der Waals surface area contributed by atoms with Gasteiger partial charge < -0.3 is 10.4 Å². The molecule has 0 fully saturated rings. The monoisotopic (exact) mass is 397 g/mol. The van der Waals surface area contributed by atoms with Gasteiger partial charge in [-0.15, -0.1) is 11.3 Å². The molecule has 0 aliphatic rings. The maximum atomic E-state index is 12.3. The van der Waals surface area contributed by atoms with Gasteiger partial charge in [-0.3, -0.25) is 4.79 Å². The van der Waals surface area contributed by atoms with Gasteiger partial charge in [0.1, 0.15) is 0 Å². The maximum Gasteiger partial charge on any atom is 0.251 e. The molecule has 0 bridgehead atoms. The van der Waals surface area contributed by atoms with Gasteiger partial charge >= 0.3 is 0 Å². The highest BCUT2D eigenvalue weighted by Gasteiger charge is 2.21. The molecule has 25 heavy (non-hydrogen) atoms. The van der Waals surface area contributed by atoms with Gasteiger partial charge in [0.05, 0.1) is 12.3 Å². The lowest BCUT2D eigenvalue weighted by atomic mass is 10.1. The van der Waals surface area contributed by atoms with Gasteiger partial charge in [-0.1, -0.05) is 29.5 Å². The number of nitrogens with one attached hydrogen (secondary N) is 2. The number of hydrogen-bond acceptors (Lipinski definition) is 7. The van der Waals surface area contributed by atoms with E-state index in [4.69, 9.17) is 0 Å². The van der Waals surface area contributed by atoms with Crippen molar-refractivity contribution in [3.8, 4) is 0 Å². The number of fused-ring (bicyclic) bond motifs is 1. The van der Waals surface area contributed by atoms with Crippen LogP contribution in [0.1, 0.15) is 18.6 Å². The molecule has 0 saturated heterocycles. The molecule has 7 nitrogen and oxygen atoms in total. The molecule has 10 heteroatoms. The van der Waals surface area contributed by atoms with Crippen molar-refractivity contribution in [3.05, 3.63) is 41.4 Å². The average Bonchev–Trinajstić information content (AvgIpc) is 3.19. The first-order valence-corrected chi connectivity index (χ1v) is 10.4. The fraction of sp³-hybridized carbons (Fsp3) is 0.200. The summed E-state index contributed by atoms with van der Waals surface area (Å²) in [6.07, 6.45) is 0.207. The zero-order valence-electron chi connectivity index (χ0n) is 13.1. The van der Waals surface area contributed by atoms with Crippen LogP contribution in [-0.2, 0) is 14.8 Å². The minimum Gasteiger partial charge on any atom is -0.387 e. The van der Waals surface area contributed by atoms with E-state index < -0.39 is 16.1 Å². The fourth-order valence-corrected chi connectivity index (χ4v) is 5.39. The van der Waals surface area contributed by atoms with Gasteiger partial charge in [0.2, 0.25) is 5.91 Å². The Morgan fingerprint density at radius 2 is 2.12 bits per heavy atom. The van der Waals surface area contributed by atoms with Crippen LogP contribution in [-0.4, -0.2) is 31.0 Å². The van der Waals surface area contributed by atoms with E-state index in [-0.39, 0.29) is 21.8 Å². The zero-order valence-corrected chi connectivity index (χ0v) is 15.5. The zero-order chi connectivity index (χ0) is 18.0. The van der Waals surface area contributed by atoms with Crippen LogP contribution in [0, 0.1) is 0 Å². The first-order valence-electron chi connectivity index (χ1n) is 7.24. The highest BCUT2D eigenvalue weighted by atomic mass is 32.2. The standard InChI is InChI=1S/C15H15N3O4S3/c1-9(19)18-15-16-7-14(24-15)25(21,22)17-6-12(20)11-8-23-13-5-3-2-4-10(11)13/h2-5,7-8,12,17,20H,6H2,1H3,(H,16,18,19). The van der Waals surface area contributed by atoms with E-state index in [9.17, 15) is 18.3 Å². The topological polar surface area (TPSA) is 108 Å². The van der Waals surface area contributed by atoms with Crippen LogP contribution in [0.4, 0.5) is 5.13 Å². The molecule has 1 atom stereocenters. The predicted molar refractivity (Wildman–Crippen MR) is 98.4 cm³/mol. The Morgan fingerprint density at radius 1 is 1.36 bits per heavy atom. The lowest BCUT2D eigenvalue weighted by molar-refractivity contribution is -0.114. The van der Waals surface area contributed by atoms with E-state index in [1.807, 2.05) is 29.6 Å². The first-order chi connectivity index (χ1) is 11.9. The van der Waals surface area contributed by atoms with Crippen molar-refractivity contribution in [3.63, 3.8) is 0 Å². The number of benzene rings is 1. The van der Waals surface area contributed by atoms with Gasteiger partial charge in [0.25, 0.3) is 10.0 Å². The molecular formula is C15H15N3O4S3. The second kappa shape index (κ2) is 7.18. The van der Waals surface area contributed by atoms with Gasteiger partial charge in [-0.05, 0) is 16.8 Å². The molecule has 0 radical (unpaired) electrons. The molecule has 2 heterocycles. The third-order valence-corrected chi connectivity index (χ3v) is 7.15. The van der Waals surface area contributed by atoms with Crippen LogP contribution in [0.15, 0.2) is 40.1 Å². The Kier molecular flexibility index (Phi) is 5.16. The van der Waals surface area contributed by atoms with Crippen LogP contribution < -0.4 is 10.0 Å². The number of amides is 1. The summed E-state index contributed by atoms with van der Waals surface area (Å²) in [5, 5.41) is 15.7. The molecule has 1 amide bonds. The molecule has 0 aliphatic carbocycles. The molecule has 0 saturated carbocycles. The van der Waals surface area contributed by atoms with Crippen LogP contribution in [0.2, 0.25) is 0 Å². The van der Waals surface area contributed by atoms with E-state index in [1.54, 1.807) is 0 Å². The summed E-state index contributed by atoms with van der Waals surface area (Å²) < 4.78 is 28.0. The molecule has 132 valence electrons. The summed E-state index contributed by atoms with van der Waals surface area (Å²) in [6.45, 7) is 1.16. The average molecular weight is 398 g/mol. The normalized spacial score (nSPS) is 13.0. The number of thiophene rings is 1. The third-order valence-electron chi connectivity index (χ3n) is 3.37. The first kappa shape index (κ1) is 18.0. The molecule has 3 aromatic rings. The van der Waals surface area contributed by atoms with Gasteiger partial charge in [-0.2, -0.15) is 0 Å². The number of carbonyl (C=O) groups excluding carboxylic acids is 1. The predicted octanol–water partition coefficient (Wildman–Crippen LogP) is 2.33. The lowest BCUT2D eigenvalue weighted by Crippen LogP contribution is -2.27. The smallest absolute Gasteiger partial charge is 0.251 e. The number of sulfonamides is 1. The SMILES string of the molecule is CC(=O)Nc1ncc(S(=O)(=O)NCC(O)c2csc3ccccc23)s1. The second-order valence-corrected chi connectivity index (χ2v) is 9.16. The molecular weight excluding hydrogens is 382 g/mol. The van der Waals surface area contributed by atoms with Crippen LogP contribution in [0.25, 0.3) is 10.1 Å². The van der Waals surface area contributed by atoms with E-state index in [0.29, 0.717) is 5.56 Å². The van der Waals surface area contributed by atoms with Crippen molar-refractivity contribution >= 4 is 53.8 Å². The third kappa shape index (κ3) is 4.05. The molecule has 3 N–H and O–H groups in total. The number of aromatic nitrogens is 1. The van der Waals surface area contributed by atoms with Crippen molar-refractivity contribution in [2.75, 3.05) is 11.9 Å². The molecule has 2 aromatic heterocycles. The Balaban J connectivity index is 1.71. The van der Waals surface area contributed by atoms with Crippen molar-refractivity contribution in [1.82, 2.24) is 9.71 Å². The van der Waals surface area contributed by atoms with Gasteiger partial charge in [0.15, 0.2) is 9.34 Å². The minimum atomic E-state index is -3.82. The lowest BCUT2D eigenvalue weighted by Gasteiger charge is -2.11. The number of rotatable bonds is 6. The molecule has 1 unspecified atom stereocenters. The number of aliphatic hydroxyl groups is 1. The van der Waals surface area contributed by atoms with Crippen molar-refractivity contribution in [1.29, 1.82) is 0 Å². The number of thiazole rings is 1. The summed E-state index contributed by atoms with van der Waals surface area (Å²) >= 11 is 2.34. The molecule has 3 rings (SSSR count). The number of anilines is 1. The minimum absolute atomic E-state index is 0.0290. The van der Waals surface area contributed by atoms with Gasteiger partial charge in [0, 0.05) is 23.7 Å². The summed E-state index contributed by atoms with van der Waals surface area (Å²) in [7, 11) is -3.82. The number of nitrogens with zero attached hydrogens (tertiary/aromatic N) is 1. The van der Waals surface area contributed by atoms with E-state index in [1.165, 1.54) is 24.5 Å². The van der Waals surface area contributed by atoms with Crippen molar-refractivity contribution in [2.45, 2.75) is 17.2 Å². The fourth-order valence-electron chi connectivity index (χ4n) is 2.22. The Hall–Kier alpha value is -1.85. The second-order valence-electron chi connectivity index (χ2n) is 5.22. The highest BCUT2D eigenvalue weighted by Crippen LogP contribution is 2.30. The largest absolute Gasteiger partial charge is 0.387 e. The quantitative estimate of drug-likeness (QED) is 0.592. The summed E-state index contributed by atoms with van der Waals surface area (Å²) in [5.74, 6) is -0.328. The van der Waals surface area contributed by atoms with Crippen LogP contribution in [0.3, 0.4) is 0 Å². The summed E-state index contributed by atoms with van der Waals surface area (Å²) in [5.41, 5.74) is 0.687.